The highest BCUT2D eigenvalue weighted by Gasteiger charge is 2.13. The molecule has 2 aromatic carbocycles. The normalized spacial score (nSPS) is 12.4. The Hall–Kier alpha value is -1.80. The molecule has 5 nitrogen and oxygen atoms in total. The van der Waals surface area contributed by atoms with Gasteiger partial charge in [0.25, 0.3) is 0 Å². The second kappa shape index (κ2) is 9.56. The van der Waals surface area contributed by atoms with Gasteiger partial charge in [-0.1, -0.05) is 38.1 Å². The largest absolute Gasteiger partial charge is 0.347 e. The smallest absolute Gasteiger partial charge is 0.175 e. The molecule has 0 spiro atoms. The molecule has 3 rings (SSSR count). The van der Waals surface area contributed by atoms with Crippen LogP contribution in [-0.4, -0.2) is 44.2 Å². The van der Waals surface area contributed by atoms with Gasteiger partial charge in [0.05, 0.1) is 4.90 Å². The second-order valence-electron chi connectivity index (χ2n) is 8.28. The van der Waals surface area contributed by atoms with Crippen molar-refractivity contribution in [2.45, 2.75) is 31.7 Å². The van der Waals surface area contributed by atoms with Crippen LogP contribution in [-0.2, 0) is 22.8 Å². The van der Waals surface area contributed by atoms with Gasteiger partial charge in [-0.3, -0.25) is 4.72 Å². The molecular formula is C23H31N3O2S2. The van der Waals surface area contributed by atoms with E-state index in [0.29, 0.717) is 10.8 Å². The SMILES string of the molecule is CC(C)Cn1cc(CCNSN(C)C)c2ccc(-c3cccc(S(C)(=O)=O)c3)cc21. The number of nitrogens with zero attached hydrogens (tertiary/aromatic N) is 2. The Bertz CT molecular complexity index is 1120. The van der Waals surface area contributed by atoms with Crippen molar-refractivity contribution < 1.29 is 8.42 Å². The molecule has 0 amide bonds. The second-order valence-corrected chi connectivity index (χ2v) is 11.5. The molecule has 1 aromatic heterocycles. The van der Waals surface area contributed by atoms with E-state index < -0.39 is 9.84 Å². The molecule has 0 saturated heterocycles. The van der Waals surface area contributed by atoms with Crippen molar-refractivity contribution in [2.75, 3.05) is 26.9 Å². The molecule has 0 atom stereocenters. The Balaban J connectivity index is 1.98. The van der Waals surface area contributed by atoms with Gasteiger partial charge in [-0.05, 0) is 61.3 Å². The van der Waals surface area contributed by atoms with Crippen molar-refractivity contribution >= 4 is 32.9 Å². The summed E-state index contributed by atoms with van der Waals surface area (Å²) in [7, 11) is 0.808. The molecule has 1 N–H and O–H groups in total. The van der Waals surface area contributed by atoms with E-state index >= 15 is 0 Å². The van der Waals surface area contributed by atoms with E-state index in [4.69, 9.17) is 0 Å². The first-order valence-corrected chi connectivity index (χ1v) is 12.8. The van der Waals surface area contributed by atoms with Crippen LogP contribution >= 0.6 is 12.1 Å². The van der Waals surface area contributed by atoms with Crippen molar-refractivity contribution in [1.82, 2.24) is 13.6 Å². The summed E-state index contributed by atoms with van der Waals surface area (Å²) in [6, 6.07) is 13.6. The van der Waals surface area contributed by atoms with Crippen LogP contribution in [0.2, 0.25) is 0 Å². The van der Waals surface area contributed by atoms with Crippen LogP contribution in [0, 0.1) is 5.92 Å². The highest BCUT2D eigenvalue weighted by molar-refractivity contribution is 7.95. The molecule has 30 heavy (non-hydrogen) atoms. The maximum absolute atomic E-state index is 12.0. The lowest BCUT2D eigenvalue weighted by Crippen LogP contribution is -2.15. The van der Waals surface area contributed by atoms with Gasteiger partial charge in [0.15, 0.2) is 9.84 Å². The minimum atomic E-state index is -3.23. The standard InChI is InChI=1S/C23H31N3O2S2/c1-17(2)15-26-16-20(11-12-24-29-25(3)4)22-10-9-19(14-23(22)26)18-7-6-8-21(13-18)30(5,27)28/h6-10,13-14,16-17,24H,11-12,15H2,1-5H3. The van der Waals surface area contributed by atoms with E-state index in [2.05, 4.69) is 47.5 Å². The number of hydrogen-bond donors (Lipinski definition) is 1. The third kappa shape index (κ3) is 5.66. The molecule has 0 aliphatic rings. The molecule has 0 bridgehead atoms. The highest BCUT2D eigenvalue weighted by Crippen LogP contribution is 2.30. The molecule has 1 heterocycles. The molecule has 3 aromatic rings. The lowest BCUT2D eigenvalue weighted by atomic mass is 10.0. The molecule has 0 aliphatic carbocycles. The summed E-state index contributed by atoms with van der Waals surface area (Å²) in [5.41, 5.74) is 4.47. The Morgan fingerprint density at radius 2 is 1.83 bits per heavy atom. The predicted molar refractivity (Wildman–Crippen MR) is 128 cm³/mol. The van der Waals surface area contributed by atoms with Crippen molar-refractivity contribution in [3.63, 3.8) is 0 Å². The first kappa shape index (κ1) is 22.9. The maximum Gasteiger partial charge on any atom is 0.175 e. The topological polar surface area (TPSA) is 54.3 Å². The van der Waals surface area contributed by atoms with E-state index in [1.807, 2.05) is 30.5 Å². The van der Waals surface area contributed by atoms with E-state index in [9.17, 15) is 8.42 Å². The Morgan fingerprint density at radius 3 is 2.50 bits per heavy atom. The van der Waals surface area contributed by atoms with Crippen LogP contribution in [0.5, 0.6) is 0 Å². The molecule has 7 heteroatoms. The van der Waals surface area contributed by atoms with Gasteiger partial charge in [-0.25, -0.2) is 12.7 Å². The average Bonchev–Trinajstić information content (AvgIpc) is 3.01. The molecule has 0 aliphatic heterocycles. The fraction of sp³-hybridized carbons (Fsp3) is 0.391. The Morgan fingerprint density at radius 1 is 1.10 bits per heavy atom. The molecule has 0 unspecified atom stereocenters. The number of aromatic nitrogens is 1. The van der Waals surface area contributed by atoms with Crippen molar-refractivity contribution in [2.24, 2.45) is 5.92 Å². The van der Waals surface area contributed by atoms with Gasteiger partial charge in [-0.2, -0.15) is 0 Å². The minimum absolute atomic E-state index is 0.350. The summed E-state index contributed by atoms with van der Waals surface area (Å²) in [5, 5.41) is 1.26. The first-order chi connectivity index (χ1) is 14.1. The molecular weight excluding hydrogens is 414 g/mol. The maximum atomic E-state index is 12.0. The molecule has 162 valence electrons. The number of rotatable bonds is 9. The van der Waals surface area contributed by atoms with Crippen molar-refractivity contribution in [3.05, 3.63) is 54.2 Å². The zero-order chi connectivity index (χ0) is 21.9. The van der Waals surface area contributed by atoms with E-state index in [1.54, 1.807) is 24.3 Å². The summed E-state index contributed by atoms with van der Waals surface area (Å²) in [4.78, 5) is 0.350. The molecule has 0 fully saturated rings. The fourth-order valence-electron chi connectivity index (χ4n) is 3.56. The summed E-state index contributed by atoms with van der Waals surface area (Å²) in [6.45, 7) is 6.28. The first-order valence-electron chi connectivity index (χ1n) is 10.1. The van der Waals surface area contributed by atoms with Crippen LogP contribution in [0.1, 0.15) is 19.4 Å². The third-order valence-electron chi connectivity index (χ3n) is 4.87. The van der Waals surface area contributed by atoms with E-state index in [0.717, 1.165) is 30.6 Å². The summed E-state index contributed by atoms with van der Waals surface area (Å²) < 4.78 is 31.7. The average molecular weight is 446 g/mol. The van der Waals surface area contributed by atoms with Gasteiger partial charge in [0.2, 0.25) is 0 Å². The van der Waals surface area contributed by atoms with Crippen LogP contribution < -0.4 is 4.72 Å². The predicted octanol–water partition coefficient (Wildman–Crippen LogP) is 4.62. The quantitative estimate of drug-likeness (QED) is 0.385. The summed E-state index contributed by atoms with van der Waals surface area (Å²) in [6.07, 6.45) is 4.47. The van der Waals surface area contributed by atoms with Crippen LogP contribution in [0.15, 0.2) is 53.6 Å². The van der Waals surface area contributed by atoms with Gasteiger partial charge in [0, 0.05) is 48.6 Å². The minimum Gasteiger partial charge on any atom is -0.347 e. The number of sulfone groups is 1. The summed E-state index contributed by atoms with van der Waals surface area (Å²) >= 11 is 1.60. The van der Waals surface area contributed by atoms with Crippen molar-refractivity contribution in [3.8, 4) is 11.1 Å². The lowest BCUT2D eigenvalue weighted by Gasteiger charge is -2.10. The van der Waals surface area contributed by atoms with Gasteiger partial charge in [-0.15, -0.1) is 0 Å². The van der Waals surface area contributed by atoms with Crippen LogP contribution in [0.4, 0.5) is 0 Å². The molecule has 0 saturated carbocycles. The van der Waals surface area contributed by atoms with Crippen molar-refractivity contribution in [1.29, 1.82) is 0 Å². The van der Waals surface area contributed by atoms with Crippen LogP contribution in [0.25, 0.3) is 22.0 Å². The van der Waals surface area contributed by atoms with Gasteiger partial charge < -0.3 is 4.57 Å². The zero-order valence-electron chi connectivity index (χ0n) is 18.3. The van der Waals surface area contributed by atoms with Gasteiger partial charge in [0.1, 0.15) is 0 Å². The summed E-state index contributed by atoms with van der Waals surface area (Å²) in [5.74, 6) is 0.535. The number of nitrogens with one attached hydrogen (secondary N) is 1. The zero-order valence-corrected chi connectivity index (χ0v) is 20.0. The Kier molecular flexibility index (Phi) is 7.29. The van der Waals surface area contributed by atoms with Crippen LogP contribution in [0.3, 0.4) is 0 Å². The third-order valence-corrected chi connectivity index (χ3v) is 6.67. The molecule has 0 radical (unpaired) electrons. The number of benzene rings is 2. The van der Waals surface area contributed by atoms with E-state index in [1.165, 1.54) is 22.7 Å². The monoisotopic (exact) mass is 445 g/mol. The fourth-order valence-corrected chi connectivity index (χ4v) is 4.68. The van der Waals surface area contributed by atoms with E-state index in [-0.39, 0.29) is 0 Å². The number of hydrogen-bond acceptors (Lipinski definition) is 5. The lowest BCUT2D eigenvalue weighted by molar-refractivity contribution is 0.534. The number of fused-ring (bicyclic) bond motifs is 1. The Labute approximate surface area is 184 Å². The van der Waals surface area contributed by atoms with Gasteiger partial charge >= 0.3 is 0 Å². The highest BCUT2D eigenvalue weighted by atomic mass is 32.2.